The van der Waals surface area contributed by atoms with Gasteiger partial charge in [-0.3, -0.25) is 0 Å². The Morgan fingerprint density at radius 3 is 1.94 bits per heavy atom. The molecule has 0 fully saturated rings. The summed E-state index contributed by atoms with van der Waals surface area (Å²) in [7, 11) is -2.70. The lowest BCUT2D eigenvalue weighted by atomic mass is 10.2. The molecule has 0 spiro atoms. The highest BCUT2D eigenvalue weighted by Gasteiger charge is 2.36. The summed E-state index contributed by atoms with van der Waals surface area (Å²) in [6, 6.07) is 0. The van der Waals surface area contributed by atoms with E-state index in [1.54, 1.807) is 0 Å². The second-order valence-corrected chi connectivity index (χ2v) is 17.2. The van der Waals surface area contributed by atoms with E-state index in [1.165, 1.54) is 6.42 Å². The van der Waals surface area contributed by atoms with Gasteiger partial charge in [0.2, 0.25) is 0 Å². The third-order valence-corrected chi connectivity index (χ3v) is 8.89. The molecule has 0 saturated heterocycles. The maximum atomic E-state index is 6.14. The van der Waals surface area contributed by atoms with Gasteiger partial charge in [-0.1, -0.05) is 40.4 Å². The van der Waals surface area contributed by atoms with E-state index in [2.05, 4.69) is 65.0 Å². The van der Waals surface area contributed by atoms with Crippen LogP contribution in [-0.2, 0) is 4.43 Å². The minimum atomic E-state index is -1.53. The van der Waals surface area contributed by atoms with E-state index < -0.39 is 16.4 Å². The molecule has 3 heteroatoms. The fourth-order valence-corrected chi connectivity index (χ4v) is 2.93. The molecule has 0 aromatic rings. The molecule has 0 atom stereocenters. The number of unbranched alkanes of at least 4 members (excludes halogenated alkanes) is 2. The Balaban J connectivity index is 3.79. The quantitative estimate of drug-likeness (QED) is 0.389. The summed E-state index contributed by atoms with van der Waals surface area (Å²) in [6.45, 7) is 19.3. The van der Waals surface area contributed by atoms with Crippen LogP contribution in [0.4, 0.5) is 0 Å². The predicted octanol–water partition coefficient (Wildman–Crippen LogP) is 5.06. The van der Waals surface area contributed by atoms with Crippen LogP contribution in [0.25, 0.3) is 0 Å². The molecule has 0 heterocycles. The molecule has 0 rings (SSSR count). The van der Waals surface area contributed by atoms with Crippen molar-refractivity contribution in [2.24, 2.45) is 0 Å². The smallest absolute Gasteiger partial charge is 0.191 e. The van der Waals surface area contributed by atoms with Crippen LogP contribution in [0.1, 0.15) is 40.0 Å². The Hall–Kier alpha value is -0.0462. The Morgan fingerprint density at radius 2 is 1.50 bits per heavy atom. The van der Waals surface area contributed by atoms with Crippen LogP contribution < -0.4 is 0 Å². The van der Waals surface area contributed by atoms with E-state index in [0.29, 0.717) is 5.04 Å². The van der Waals surface area contributed by atoms with Gasteiger partial charge < -0.3 is 4.43 Å². The fourth-order valence-electron chi connectivity index (χ4n) is 1.19. The van der Waals surface area contributed by atoms with Crippen LogP contribution >= 0.6 is 0 Å². The van der Waals surface area contributed by atoms with Crippen LogP contribution in [0.2, 0.25) is 37.8 Å². The monoisotopic (exact) mass is 284 g/mol. The Morgan fingerprint density at radius 1 is 0.944 bits per heavy atom. The van der Waals surface area contributed by atoms with Gasteiger partial charge in [0.05, 0.1) is 0 Å². The van der Waals surface area contributed by atoms with Crippen molar-refractivity contribution in [2.75, 3.05) is 6.61 Å². The van der Waals surface area contributed by atoms with Crippen LogP contribution in [0, 0.1) is 11.5 Å². The van der Waals surface area contributed by atoms with Crippen molar-refractivity contribution in [1.82, 2.24) is 0 Å². The minimum Gasteiger partial charge on any atom is -0.417 e. The third kappa shape index (κ3) is 8.13. The maximum absolute atomic E-state index is 6.14. The first kappa shape index (κ1) is 18.0. The normalized spacial score (nSPS) is 13.1. The van der Waals surface area contributed by atoms with Crippen LogP contribution in [0.5, 0.6) is 0 Å². The van der Waals surface area contributed by atoms with Crippen LogP contribution in [0.15, 0.2) is 0 Å². The summed E-state index contributed by atoms with van der Waals surface area (Å²) in [5, 5.41) is 0.324. The van der Waals surface area contributed by atoms with E-state index in [4.69, 9.17) is 4.43 Å². The average molecular weight is 285 g/mol. The van der Waals surface area contributed by atoms with Crippen molar-refractivity contribution in [3.8, 4) is 11.5 Å². The standard InChI is InChI=1S/C15H32OSi2/c1-15(2,3)18(7,8)16-13-11-9-10-12-14-17(4,5)6/h9-11,13H2,1-8H3. The van der Waals surface area contributed by atoms with Gasteiger partial charge in [0.25, 0.3) is 0 Å². The van der Waals surface area contributed by atoms with E-state index in [-0.39, 0.29) is 0 Å². The zero-order valence-electron chi connectivity index (χ0n) is 13.7. The first-order valence-electron chi connectivity index (χ1n) is 7.10. The van der Waals surface area contributed by atoms with Gasteiger partial charge in [-0.05, 0) is 31.0 Å². The van der Waals surface area contributed by atoms with E-state index in [0.717, 1.165) is 19.4 Å². The topological polar surface area (TPSA) is 9.23 Å². The molecule has 18 heavy (non-hydrogen) atoms. The SMILES string of the molecule is CC(C)(C)[Si](C)(C)OCCCCC#C[Si](C)(C)C. The third-order valence-electron chi connectivity index (χ3n) is 3.43. The Labute approximate surface area is 117 Å². The van der Waals surface area contributed by atoms with Crippen molar-refractivity contribution in [2.45, 2.75) is 77.8 Å². The van der Waals surface area contributed by atoms with Crippen LogP contribution in [0.3, 0.4) is 0 Å². The van der Waals surface area contributed by atoms with Gasteiger partial charge in [0, 0.05) is 13.0 Å². The predicted molar refractivity (Wildman–Crippen MR) is 88.1 cm³/mol. The average Bonchev–Trinajstić information content (AvgIpc) is 2.12. The van der Waals surface area contributed by atoms with Crippen LogP contribution in [-0.4, -0.2) is 23.0 Å². The zero-order valence-corrected chi connectivity index (χ0v) is 15.7. The minimum absolute atomic E-state index is 0.324. The zero-order chi connectivity index (χ0) is 14.4. The molecule has 0 N–H and O–H groups in total. The lowest BCUT2D eigenvalue weighted by Gasteiger charge is -2.36. The molecule has 0 aromatic carbocycles. The molecule has 0 aromatic heterocycles. The molecule has 0 aliphatic carbocycles. The molecule has 1 nitrogen and oxygen atoms in total. The van der Waals surface area contributed by atoms with E-state index >= 15 is 0 Å². The molecule has 106 valence electrons. The second kappa shape index (κ2) is 6.93. The summed E-state index contributed by atoms with van der Waals surface area (Å²) in [5.74, 6) is 3.32. The van der Waals surface area contributed by atoms with Crippen molar-refractivity contribution in [3.05, 3.63) is 0 Å². The molecular weight excluding hydrogens is 252 g/mol. The molecule has 0 radical (unpaired) electrons. The van der Waals surface area contributed by atoms with Crippen molar-refractivity contribution in [3.63, 3.8) is 0 Å². The molecule has 0 aliphatic heterocycles. The molecule has 0 amide bonds. The summed E-state index contributed by atoms with van der Waals surface area (Å²) in [4.78, 5) is 0. The largest absolute Gasteiger partial charge is 0.417 e. The van der Waals surface area contributed by atoms with Crippen molar-refractivity contribution >= 4 is 16.4 Å². The molecule has 0 aliphatic rings. The lowest BCUT2D eigenvalue weighted by molar-refractivity contribution is 0.280. The number of rotatable bonds is 5. The second-order valence-electron chi connectivity index (χ2n) is 7.62. The first-order chi connectivity index (χ1) is 7.96. The summed E-state index contributed by atoms with van der Waals surface area (Å²) < 4.78 is 6.14. The molecule has 0 bridgehead atoms. The number of hydrogen-bond donors (Lipinski definition) is 0. The van der Waals surface area contributed by atoms with Gasteiger partial charge in [0.15, 0.2) is 8.32 Å². The summed E-state index contributed by atoms with van der Waals surface area (Å²) >= 11 is 0. The molecule has 0 saturated carbocycles. The first-order valence-corrected chi connectivity index (χ1v) is 13.5. The van der Waals surface area contributed by atoms with Crippen molar-refractivity contribution < 1.29 is 4.43 Å². The van der Waals surface area contributed by atoms with E-state index in [1.807, 2.05) is 0 Å². The maximum Gasteiger partial charge on any atom is 0.191 e. The number of hydrogen-bond acceptors (Lipinski definition) is 1. The van der Waals surface area contributed by atoms with Gasteiger partial charge in [-0.25, -0.2) is 0 Å². The van der Waals surface area contributed by atoms with Gasteiger partial charge in [-0.2, -0.15) is 0 Å². The van der Waals surface area contributed by atoms with Gasteiger partial charge in [-0.15, -0.1) is 11.5 Å². The summed E-state index contributed by atoms with van der Waals surface area (Å²) in [6.07, 6.45) is 3.35. The summed E-state index contributed by atoms with van der Waals surface area (Å²) in [5.41, 5.74) is 3.41. The van der Waals surface area contributed by atoms with E-state index in [9.17, 15) is 0 Å². The Bertz CT molecular complexity index is 297. The lowest BCUT2D eigenvalue weighted by Crippen LogP contribution is -2.40. The highest BCUT2D eigenvalue weighted by atomic mass is 28.4. The van der Waals surface area contributed by atoms with Gasteiger partial charge >= 0.3 is 0 Å². The molecule has 0 unspecified atom stereocenters. The van der Waals surface area contributed by atoms with Gasteiger partial charge in [0.1, 0.15) is 8.07 Å². The fraction of sp³-hybridized carbons (Fsp3) is 0.867. The highest BCUT2D eigenvalue weighted by Crippen LogP contribution is 2.36. The highest BCUT2D eigenvalue weighted by molar-refractivity contribution is 6.83. The Kier molecular flexibility index (Phi) is 6.91. The molecular formula is C15H32OSi2. The van der Waals surface area contributed by atoms with Crippen molar-refractivity contribution in [1.29, 1.82) is 0 Å².